The minimum Gasteiger partial charge on any atom is -0.329 e. The molecule has 0 bridgehead atoms. The molecule has 2 rings (SSSR count). The number of benzene rings is 1. The van der Waals surface area contributed by atoms with Crippen LogP contribution in [0.5, 0.6) is 0 Å². The maximum Gasteiger partial charge on any atom is 0.123 e. The molecule has 1 aromatic carbocycles. The molecule has 1 saturated heterocycles. The van der Waals surface area contributed by atoms with E-state index >= 15 is 0 Å². The van der Waals surface area contributed by atoms with Crippen molar-refractivity contribution in [3.8, 4) is 0 Å². The highest BCUT2D eigenvalue weighted by Gasteiger charge is 2.26. The third-order valence-electron chi connectivity index (χ3n) is 4.27. The van der Waals surface area contributed by atoms with Crippen LogP contribution in [0.25, 0.3) is 0 Å². The molecular formula is C16H25FN2. The van der Waals surface area contributed by atoms with Crippen molar-refractivity contribution in [2.24, 2.45) is 5.73 Å². The lowest BCUT2D eigenvalue weighted by atomic mass is 10.0. The molecule has 0 saturated carbocycles. The normalized spacial score (nSPS) is 23.0. The molecule has 2 nitrogen and oxygen atoms in total. The third kappa shape index (κ3) is 3.54. The Morgan fingerprint density at radius 1 is 1.26 bits per heavy atom. The van der Waals surface area contributed by atoms with E-state index in [1.54, 1.807) is 0 Å². The van der Waals surface area contributed by atoms with Crippen LogP contribution >= 0.6 is 0 Å². The van der Waals surface area contributed by atoms with Gasteiger partial charge in [-0.25, -0.2) is 4.39 Å². The molecule has 0 radical (unpaired) electrons. The van der Waals surface area contributed by atoms with Crippen LogP contribution in [0.2, 0.25) is 0 Å². The van der Waals surface area contributed by atoms with Gasteiger partial charge in [-0.2, -0.15) is 0 Å². The Balaban J connectivity index is 2.20. The van der Waals surface area contributed by atoms with Crippen LogP contribution in [0, 0.1) is 5.82 Å². The maximum atomic E-state index is 13.1. The second-order valence-corrected chi connectivity index (χ2v) is 5.45. The van der Waals surface area contributed by atoms with Gasteiger partial charge in [-0.05, 0) is 43.5 Å². The quantitative estimate of drug-likeness (QED) is 0.902. The fourth-order valence-corrected chi connectivity index (χ4v) is 3.20. The summed E-state index contributed by atoms with van der Waals surface area (Å²) in [6.07, 6.45) is 6.30. The molecule has 1 aliphatic heterocycles. The third-order valence-corrected chi connectivity index (χ3v) is 4.27. The first kappa shape index (κ1) is 14.5. The van der Waals surface area contributed by atoms with E-state index in [1.165, 1.54) is 37.8 Å². The first-order valence-corrected chi connectivity index (χ1v) is 7.47. The SMILES string of the molecule is CCC1CCCCCN1C(CN)c1ccc(F)cc1. The minimum absolute atomic E-state index is 0.178. The van der Waals surface area contributed by atoms with Crippen LogP contribution in [0.15, 0.2) is 24.3 Å². The van der Waals surface area contributed by atoms with Gasteiger partial charge in [-0.15, -0.1) is 0 Å². The molecule has 1 fully saturated rings. The van der Waals surface area contributed by atoms with Crippen molar-refractivity contribution in [3.63, 3.8) is 0 Å². The van der Waals surface area contributed by atoms with E-state index in [0.717, 1.165) is 18.5 Å². The summed E-state index contributed by atoms with van der Waals surface area (Å²) in [4.78, 5) is 2.54. The van der Waals surface area contributed by atoms with Gasteiger partial charge in [0, 0.05) is 18.6 Å². The van der Waals surface area contributed by atoms with E-state index in [2.05, 4.69) is 11.8 Å². The second kappa shape index (κ2) is 7.01. The summed E-state index contributed by atoms with van der Waals surface area (Å²) in [6, 6.07) is 7.67. The van der Waals surface area contributed by atoms with E-state index in [0.29, 0.717) is 12.6 Å². The summed E-state index contributed by atoms with van der Waals surface area (Å²) in [7, 11) is 0. The van der Waals surface area contributed by atoms with Crippen molar-refractivity contribution in [2.45, 2.75) is 51.1 Å². The average molecular weight is 264 g/mol. The van der Waals surface area contributed by atoms with Crippen LogP contribution in [0.3, 0.4) is 0 Å². The van der Waals surface area contributed by atoms with Crippen molar-refractivity contribution in [3.05, 3.63) is 35.6 Å². The number of hydrogen-bond acceptors (Lipinski definition) is 2. The van der Waals surface area contributed by atoms with Gasteiger partial charge < -0.3 is 5.73 Å². The molecule has 106 valence electrons. The van der Waals surface area contributed by atoms with E-state index < -0.39 is 0 Å². The number of rotatable bonds is 4. The van der Waals surface area contributed by atoms with Crippen LogP contribution in [0.4, 0.5) is 4.39 Å². The van der Waals surface area contributed by atoms with Gasteiger partial charge in [-0.1, -0.05) is 31.9 Å². The number of likely N-dealkylation sites (tertiary alicyclic amines) is 1. The lowest BCUT2D eigenvalue weighted by Crippen LogP contribution is -2.41. The molecule has 2 atom stereocenters. The van der Waals surface area contributed by atoms with E-state index in [1.807, 2.05) is 12.1 Å². The summed E-state index contributed by atoms with van der Waals surface area (Å²) >= 11 is 0. The monoisotopic (exact) mass is 264 g/mol. The zero-order valence-electron chi connectivity index (χ0n) is 11.8. The molecule has 1 aromatic rings. The van der Waals surface area contributed by atoms with Crippen LogP contribution in [-0.4, -0.2) is 24.0 Å². The highest BCUT2D eigenvalue weighted by Crippen LogP contribution is 2.28. The van der Waals surface area contributed by atoms with Gasteiger partial charge in [0.15, 0.2) is 0 Å². The van der Waals surface area contributed by atoms with Crippen molar-refractivity contribution < 1.29 is 4.39 Å². The van der Waals surface area contributed by atoms with Gasteiger partial charge in [0.05, 0.1) is 0 Å². The maximum absolute atomic E-state index is 13.1. The van der Waals surface area contributed by atoms with Gasteiger partial charge in [0.1, 0.15) is 5.82 Å². The van der Waals surface area contributed by atoms with Gasteiger partial charge >= 0.3 is 0 Å². The van der Waals surface area contributed by atoms with Crippen molar-refractivity contribution in [1.82, 2.24) is 4.90 Å². The number of nitrogens with zero attached hydrogens (tertiary/aromatic N) is 1. The highest BCUT2D eigenvalue weighted by atomic mass is 19.1. The summed E-state index contributed by atoms with van der Waals surface area (Å²) in [5.74, 6) is -0.178. The lowest BCUT2D eigenvalue weighted by molar-refractivity contribution is 0.136. The first-order chi connectivity index (χ1) is 9.26. The smallest absolute Gasteiger partial charge is 0.123 e. The number of halogens is 1. The molecule has 0 aromatic heterocycles. The molecule has 0 amide bonds. The minimum atomic E-state index is -0.178. The van der Waals surface area contributed by atoms with Crippen LogP contribution in [-0.2, 0) is 0 Å². The molecule has 0 spiro atoms. The van der Waals surface area contributed by atoms with E-state index in [9.17, 15) is 4.39 Å². The van der Waals surface area contributed by atoms with E-state index in [4.69, 9.17) is 5.73 Å². The molecule has 0 aliphatic carbocycles. The zero-order chi connectivity index (χ0) is 13.7. The second-order valence-electron chi connectivity index (χ2n) is 5.45. The molecule has 1 heterocycles. The van der Waals surface area contributed by atoms with Gasteiger partial charge in [-0.3, -0.25) is 4.90 Å². The van der Waals surface area contributed by atoms with Gasteiger partial charge in [0.25, 0.3) is 0 Å². The summed E-state index contributed by atoms with van der Waals surface area (Å²) in [5, 5.41) is 0. The van der Waals surface area contributed by atoms with Crippen molar-refractivity contribution in [2.75, 3.05) is 13.1 Å². The molecule has 2 unspecified atom stereocenters. The number of hydrogen-bond donors (Lipinski definition) is 1. The Hall–Kier alpha value is -0.930. The lowest BCUT2D eigenvalue weighted by Gasteiger charge is -2.36. The predicted octanol–water partition coefficient (Wildman–Crippen LogP) is 3.48. The highest BCUT2D eigenvalue weighted by molar-refractivity contribution is 5.20. The van der Waals surface area contributed by atoms with Gasteiger partial charge in [0.2, 0.25) is 0 Å². The fraction of sp³-hybridized carbons (Fsp3) is 0.625. The summed E-state index contributed by atoms with van der Waals surface area (Å²) in [6.45, 7) is 3.96. The molecule has 2 N–H and O–H groups in total. The largest absolute Gasteiger partial charge is 0.329 e. The Morgan fingerprint density at radius 2 is 2.00 bits per heavy atom. The fourth-order valence-electron chi connectivity index (χ4n) is 3.20. The predicted molar refractivity (Wildman–Crippen MR) is 77.4 cm³/mol. The van der Waals surface area contributed by atoms with Crippen molar-refractivity contribution in [1.29, 1.82) is 0 Å². The number of nitrogens with two attached hydrogens (primary N) is 1. The standard InChI is InChI=1S/C16H25FN2/c1-2-15-6-4-3-5-11-19(15)16(12-18)13-7-9-14(17)10-8-13/h7-10,15-16H,2-6,11-12,18H2,1H3. The average Bonchev–Trinajstić information content (AvgIpc) is 2.67. The zero-order valence-corrected chi connectivity index (χ0v) is 11.8. The first-order valence-electron chi connectivity index (χ1n) is 7.47. The topological polar surface area (TPSA) is 29.3 Å². The summed E-state index contributed by atoms with van der Waals surface area (Å²) in [5.41, 5.74) is 7.15. The Morgan fingerprint density at radius 3 is 2.63 bits per heavy atom. The summed E-state index contributed by atoms with van der Waals surface area (Å²) < 4.78 is 13.1. The Labute approximate surface area is 115 Å². The molecule has 19 heavy (non-hydrogen) atoms. The Kier molecular flexibility index (Phi) is 5.34. The molecular weight excluding hydrogens is 239 g/mol. The van der Waals surface area contributed by atoms with Crippen LogP contribution < -0.4 is 5.73 Å². The van der Waals surface area contributed by atoms with Crippen LogP contribution in [0.1, 0.15) is 50.6 Å². The van der Waals surface area contributed by atoms with E-state index in [-0.39, 0.29) is 11.9 Å². The Bertz CT molecular complexity index is 377. The molecule has 1 aliphatic rings. The van der Waals surface area contributed by atoms with Crippen molar-refractivity contribution >= 4 is 0 Å². The molecule has 3 heteroatoms.